The summed E-state index contributed by atoms with van der Waals surface area (Å²) in [7, 11) is 0. The number of fused-ring (bicyclic) bond motifs is 2. The maximum atomic E-state index is 16.0. The Morgan fingerprint density at radius 3 is 2.13 bits per heavy atom. The first-order valence-electron chi connectivity index (χ1n) is 24.3. The number of allylic oxidation sites excluding steroid dienone is 1. The minimum Gasteiger partial charge on any atom is -0.457 e. The molecule has 5 aromatic rings. The number of aromatic nitrogens is 2. The van der Waals surface area contributed by atoms with E-state index in [9.17, 15) is 28.4 Å². The lowest BCUT2D eigenvalue weighted by atomic mass is 9.88. The summed E-state index contributed by atoms with van der Waals surface area (Å²) in [5.41, 5.74) is 1.83. The number of benzene rings is 3. The standard InChI is InChI=1S/C53H56F2N10O6/c1-31-4-13-43(48(66)59-31)65-49(67)39-14-20-57-47(46(39)50(65)68)58-30-32(2)62-24-26-63(27-25-62)33(3)34-16-22-64(23-17-34)44-29-42-40(28-41(44)55)45(15-21-56-42)71-38-11-9-37(10-12-38)61-52(70)53(18-19-53)51(69)60-36-7-5-35(54)6-8-36/h5-12,14-15,20-21,28-29,32-34,43H,1,4,13,16-19,22-27,30H2,2-3H3,(H,57,58)(H,59,66)(H,60,69)(H,61,70)/t32-,33-,43?/m0/s1. The topological polar surface area (TPSA) is 181 Å². The van der Waals surface area contributed by atoms with Crippen molar-refractivity contribution in [1.82, 2.24) is 30.0 Å². The molecule has 3 saturated heterocycles. The third kappa shape index (κ3) is 9.53. The minimum absolute atomic E-state index is 0.120. The molecule has 4 fully saturated rings. The number of carbonyl (C=O) groups excluding carboxylic acids is 5. The first kappa shape index (κ1) is 47.4. The first-order valence-corrected chi connectivity index (χ1v) is 24.3. The lowest BCUT2D eigenvalue weighted by Gasteiger charge is -2.45. The van der Waals surface area contributed by atoms with Gasteiger partial charge in [-0.15, -0.1) is 0 Å². The van der Waals surface area contributed by atoms with E-state index in [2.05, 4.69) is 66.4 Å². The van der Waals surface area contributed by atoms with Crippen LogP contribution in [0.1, 0.15) is 73.1 Å². The summed E-state index contributed by atoms with van der Waals surface area (Å²) >= 11 is 0. The number of anilines is 4. The zero-order valence-corrected chi connectivity index (χ0v) is 39.7. The molecule has 1 saturated carbocycles. The summed E-state index contributed by atoms with van der Waals surface area (Å²) in [5, 5.41) is 12.1. The highest BCUT2D eigenvalue weighted by molar-refractivity contribution is 6.25. The van der Waals surface area contributed by atoms with Gasteiger partial charge in [0.05, 0.1) is 22.3 Å². The zero-order valence-electron chi connectivity index (χ0n) is 39.7. The van der Waals surface area contributed by atoms with E-state index in [4.69, 9.17) is 4.74 Å². The van der Waals surface area contributed by atoms with Gasteiger partial charge in [-0.1, -0.05) is 6.58 Å². The molecule has 368 valence electrons. The summed E-state index contributed by atoms with van der Waals surface area (Å²) in [4.78, 5) is 83.0. The van der Waals surface area contributed by atoms with Crippen LogP contribution < -0.4 is 30.9 Å². The van der Waals surface area contributed by atoms with Crippen molar-refractivity contribution in [2.24, 2.45) is 11.3 Å². The van der Waals surface area contributed by atoms with Gasteiger partial charge < -0.3 is 30.9 Å². The molecule has 1 unspecified atom stereocenters. The minimum atomic E-state index is -1.20. The van der Waals surface area contributed by atoms with Crippen molar-refractivity contribution >= 4 is 63.3 Å². The van der Waals surface area contributed by atoms with Gasteiger partial charge in [0, 0.05) is 92.7 Å². The van der Waals surface area contributed by atoms with Crippen molar-refractivity contribution in [1.29, 1.82) is 0 Å². The summed E-state index contributed by atoms with van der Waals surface area (Å²) in [6, 6.07) is 18.2. The highest BCUT2D eigenvalue weighted by Crippen LogP contribution is 2.48. The number of hydrogen-bond acceptors (Lipinski definition) is 12. The molecule has 0 spiro atoms. The number of nitrogens with one attached hydrogen (secondary N) is 4. The fraction of sp³-hybridized carbons (Fsp3) is 0.377. The molecule has 3 atom stereocenters. The third-order valence-corrected chi connectivity index (χ3v) is 15.0. The molecule has 0 radical (unpaired) electrons. The molecule has 4 aliphatic heterocycles. The summed E-state index contributed by atoms with van der Waals surface area (Å²) < 4.78 is 35.5. The van der Waals surface area contributed by atoms with Gasteiger partial charge in [-0.3, -0.25) is 43.7 Å². The highest BCUT2D eigenvalue weighted by atomic mass is 19.1. The SMILES string of the molecule is C=C1CCC(N2C(=O)c3ccnc(NC[C@H](C)N4CCN([C@@H](C)C5CCN(c6cc7nccc(Oc8ccc(NC(=O)C9(C(=O)Nc%10ccc(F)cc%10)CC9)cc8)c7cc6F)CC5)CC4)c3C2=O)C(=O)N1. The normalized spacial score (nSPS) is 20.3. The van der Waals surface area contributed by atoms with Gasteiger partial charge in [0.1, 0.15) is 40.4 Å². The number of amides is 5. The number of imide groups is 1. The molecule has 4 N–H and O–H groups in total. The van der Waals surface area contributed by atoms with Crippen LogP contribution in [0.25, 0.3) is 10.9 Å². The maximum Gasteiger partial charge on any atom is 0.266 e. The summed E-state index contributed by atoms with van der Waals surface area (Å²) in [5.74, 6) is -1.36. The van der Waals surface area contributed by atoms with Crippen LogP contribution in [0, 0.1) is 23.0 Å². The van der Waals surface area contributed by atoms with E-state index >= 15 is 4.39 Å². The molecule has 71 heavy (non-hydrogen) atoms. The average Bonchev–Trinajstić information content (AvgIpc) is 4.16. The van der Waals surface area contributed by atoms with Gasteiger partial charge in [-0.05, 0) is 131 Å². The third-order valence-electron chi connectivity index (χ3n) is 15.0. The number of rotatable bonds is 14. The van der Waals surface area contributed by atoms with Crippen molar-refractivity contribution < 1.29 is 37.5 Å². The molecule has 1 aliphatic carbocycles. The van der Waals surface area contributed by atoms with Crippen molar-refractivity contribution in [2.45, 2.75) is 70.5 Å². The number of hydrogen-bond donors (Lipinski definition) is 4. The van der Waals surface area contributed by atoms with Gasteiger partial charge in [0.25, 0.3) is 11.8 Å². The van der Waals surface area contributed by atoms with Gasteiger partial charge in [-0.2, -0.15) is 0 Å². The number of piperidine rings is 2. The number of piperazine rings is 1. The predicted octanol–water partition coefficient (Wildman–Crippen LogP) is 7.17. The van der Waals surface area contributed by atoms with Crippen molar-refractivity contribution in [3.05, 3.63) is 120 Å². The molecule has 2 aromatic heterocycles. The Hall–Kier alpha value is -7.31. The van der Waals surface area contributed by atoms with Crippen LogP contribution in [0.5, 0.6) is 11.5 Å². The Balaban J connectivity index is 0.691. The second-order valence-corrected chi connectivity index (χ2v) is 19.3. The fourth-order valence-corrected chi connectivity index (χ4v) is 10.4. The molecule has 6 heterocycles. The molecule has 10 rings (SSSR count). The fourth-order valence-electron chi connectivity index (χ4n) is 10.4. The predicted molar refractivity (Wildman–Crippen MR) is 264 cm³/mol. The molecular formula is C53H56F2N10O6. The van der Waals surface area contributed by atoms with Crippen LogP contribution in [-0.4, -0.2) is 118 Å². The molecule has 5 amide bonds. The van der Waals surface area contributed by atoms with E-state index in [1.807, 2.05) is 0 Å². The van der Waals surface area contributed by atoms with Crippen molar-refractivity contribution in [3.8, 4) is 11.5 Å². The Kier molecular flexibility index (Phi) is 13.0. The Morgan fingerprint density at radius 2 is 1.46 bits per heavy atom. The van der Waals surface area contributed by atoms with Crippen LogP contribution in [0.15, 0.2) is 97.5 Å². The number of carbonyl (C=O) groups is 5. The monoisotopic (exact) mass is 966 g/mol. The van der Waals surface area contributed by atoms with E-state index in [0.717, 1.165) is 43.9 Å². The van der Waals surface area contributed by atoms with Crippen LogP contribution in [0.2, 0.25) is 0 Å². The zero-order chi connectivity index (χ0) is 49.6. The lowest BCUT2D eigenvalue weighted by molar-refractivity contribution is -0.131. The second-order valence-electron chi connectivity index (χ2n) is 19.3. The van der Waals surface area contributed by atoms with E-state index in [1.165, 1.54) is 42.6 Å². The van der Waals surface area contributed by atoms with E-state index < -0.39 is 46.8 Å². The Morgan fingerprint density at radius 1 is 0.817 bits per heavy atom. The Bertz CT molecular complexity index is 2920. The van der Waals surface area contributed by atoms with Crippen molar-refractivity contribution in [3.63, 3.8) is 0 Å². The maximum absolute atomic E-state index is 16.0. The lowest BCUT2D eigenvalue weighted by Crippen LogP contribution is -2.55. The summed E-state index contributed by atoms with van der Waals surface area (Å²) in [6.07, 6.45) is 6.61. The molecule has 18 heteroatoms. The number of ether oxygens (including phenoxy) is 1. The number of halogens is 2. The molecule has 0 bridgehead atoms. The van der Waals surface area contributed by atoms with Crippen LogP contribution in [0.4, 0.5) is 31.7 Å². The summed E-state index contributed by atoms with van der Waals surface area (Å²) in [6.45, 7) is 13.7. The average molecular weight is 967 g/mol. The second kappa shape index (κ2) is 19.5. The first-order chi connectivity index (χ1) is 34.3. The van der Waals surface area contributed by atoms with Gasteiger partial charge in [0.2, 0.25) is 17.7 Å². The number of pyridine rings is 2. The van der Waals surface area contributed by atoms with Gasteiger partial charge in [0.15, 0.2) is 0 Å². The quantitative estimate of drug-likeness (QED) is 0.0652. The molecular weight excluding hydrogens is 911 g/mol. The van der Waals surface area contributed by atoms with Crippen LogP contribution in [-0.2, 0) is 14.4 Å². The Labute approximate surface area is 409 Å². The van der Waals surface area contributed by atoms with Crippen LogP contribution in [0.3, 0.4) is 0 Å². The largest absolute Gasteiger partial charge is 0.457 e. The molecule has 5 aliphatic rings. The smallest absolute Gasteiger partial charge is 0.266 e. The molecule has 16 nitrogen and oxygen atoms in total. The van der Waals surface area contributed by atoms with Crippen LogP contribution >= 0.6 is 0 Å². The molecule has 3 aromatic carbocycles. The van der Waals surface area contributed by atoms with Gasteiger partial charge >= 0.3 is 0 Å². The highest BCUT2D eigenvalue weighted by Gasteiger charge is 2.56. The van der Waals surface area contributed by atoms with E-state index in [0.29, 0.717) is 108 Å². The van der Waals surface area contributed by atoms with Crippen molar-refractivity contribution in [2.75, 3.05) is 66.7 Å². The van der Waals surface area contributed by atoms with E-state index in [-0.39, 0.29) is 23.0 Å². The van der Waals surface area contributed by atoms with Gasteiger partial charge in [-0.25, -0.2) is 13.8 Å². The number of nitrogens with zero attached hydrogens (tertiary/aromatic N) is 6. The van der Waals surface area contributed by atoms with E-state index in [1.54, 1.807) is 42.6 Å².